The first-order valence-corrected chi connectivity index (χ1v) is 12.4. The van der Waals surface area contributed by atoms with Crippen molar-refractivity contribution < 1.29 is 9.18 Å². The molecule has 1 amide bonds. The highest BCUT2D eigenvalue weighted by Gasteiger charge is 2.23. The summed E-state index contributed by atoms with van der Waals surface area (Å²) in [5, 5.41) is 15.9. The van der Waals surface area contributed by atoms with Crippen LogP contribution in [0.25, 0.3) is 5.69 Å². The Labute approximate surface area is 198 Å². The fourth-order valence-corrected chi connectivity index (χ4v) is 4.90. The summed E-state index contributed by atoms with van der Waals surface area (Å²) in [6, 6.07) is 14.6. The summed E-state index contributed by atoms with van der Waals surface area (Å²) >= 11 is 1.39. The molecule has 3 aromatic rings. The van der Waals surface area contributed by atoms with E-state index < -0.39 is 0 Å². The van der Waals surface area contributed by atoms with E-state index in [1.807, 2.05) is 35.8 Å². The second-order valence-corrected chi connectivity index (χ2v) is 9.60. The third-order valence-electron chi connectivity index (χ3n) is 6.08. The van der Waals surface area contributed by atoms with Crippen LogP contribution in [0, 0.1) is 18.7 Å². The van der Waals surface area contributed by atoms with Gasteiger partial charge in [-0.15, -0.1) is 10.2 Å². The van der Waals surface area contributed by atoms with Crippen molar-refractivity contribution in [3.63, 3.8) is 0 Å². The van der Waals surface area contributed by atoms with Crippen molar-refractivity contribution in [2.75, 3.05) is 11.1 Å². The van der Waals surface area contributed by atoms with E-state index in [0.29, 0.717) is 29.2 Å². The first-order chi connectivity index (χ1) is 16.0. The van der Waals surface area contributed by atoms with E-state index in [4.69, 9.17) is 0 Å². The molecule has 0 aliphatic heterocycles. The molecule has 2 aromatic carbocycles. The SMILES string of the molecule is Cc1ccc(-n2c(CNc3ccc(F)cc3)nnc2SCC(=O)N[C@H]2CCCC[C@H]2C)cc1. The van der Waals surface area contributed by atoms with Gasteiger partial charge < -0.3 is 10.6 Å². The number of hydrogen-bond donors (Lipinski definition) is 2. The standard InChI is InChI=1S/C25H30FN5OS/c1-17-7-13-21(14-8-17)31-23(15-27-20-11-9-19(26)10-12-20)29-30-25(31)33-16-24(32)28-22-6-4-3-5-18(22)2/h7-14,18,22,27H,3-6,15-16H2,1-2H3,(H,28,32)/t18-,22+/m1/s1. The number of anilines is 1. The highest BCUT2D eigenvalue weighted by molar-refractivity contribution is 7.99. The maximum atomic E-state index is 13.2. The van der Waals surface area contributed by atoms with E-state index in [1.54, 1.807) is 12.1 Å². The summed E-state index contributed by atoms with van der Waals surface area (Å²) in [5.74, 6) is 1.28. The van der Waals surface area contributed by atoms with E-state index in [9.17, 15) is 9.18 Å². The van der Waals surface area contributed by atoms with Crippen LogP contribution in [0.4, 0.5) is 10.1 Å². The van der Waals surface area contributed by atoms with Crippen LogP contribution in [0.5, 0.6) is 0 Å². The lowest BCUT2D eigenvalue weighted by Gasteiger charge is -2.29. The third-order valence-corrected chi connectivity index (χ3v) is 7.01. The Balaban J connectivity index is 1.47. The van der Waals surface area contributed by atoms with Gasteiger partial charge in [-0.25, -0.2) is 4.39 Å². The van der Waals surface area contributed by atoms with Gasteiger partial charge in [0, 0.05) is 17.4 Å². The van der Waals surface area contributed by atoms with Crippen LogP contribution in [0.15, 0.2) is 53.7 Å². The van der Waals surface area contributed by atoms with Gasteiger partial charge in [-0.05, 0) is 62.1 Å². The summed E-state index contributed by atoms with van der Waals surface area (Å²) in [4.78, 5) is 12.6. The smallest absolute Gasteiger partial charge is 0.230 e. The number of amides is 1. The van der Waals surface area contributed by atoms with Crippen LogP contribution in [-0.4, -0.2) is 32.5 Å². The van der Waals surface area contributed by atoms with Gasteiger partial charge in [-0.2, -0.15) is 0 Å². The second kappa shape index (κ2) is 10.8. The highest BCUT2D eigenvalue weighted by Crippen LogP contribution is 2.25. The lowest BCUT2D eigenvalue weighted by molar-refractivity contribution is -0.119. The molecular weight excluding hydrogens is 437 g/mol. The molecule has 1 aromatic heterocycles. The molecule has 1 heterocycles. The van der Waals surface area contributed by atoms with E-state index >= 15 is 0 Å². The summed E-state index contributed by atoms with van der Waals surface area (Å²) in [7, 11) is 0. The normalized spacial score (nSPS) is 18.2. The number of halogens is 1. The Bertz CT molecular complexity index is 1070. The number of rotatable bonds is 8. The van der Waals surface area contributed by atoms with Gasteiger partial charge in [0.2, 0.25) is 5.91 Å². The molecule has 2 N–H and O–H groups in total. The lowest BCUT2D eigenvalue weighted by Crippen LogP contribution is -2.41. The largest absolute Gasteiger partial charge is 0.378 e. The number of nitrogens with one attached hydrogen (secondary N) is 2. The van der Waals surface area contributed by atoms with Gasteiger partial charge >= 0.3 is 0 Å². The van der Waals surface area contributed by atoms with E-state index in [-0.39, 0.29) is 17.8 Å². The van der Waals surface area contributed by atoms with E-state index in [2.05, 4.69) is 27.8 Å². The fourth-order valence-electron chi connectivity index (χ4n) is 4.12. The second-order valence-electron chi connectivity index (χ2n) is 8.65. The van der Waals surface area contributed by atoms with Crippen LogP contribution < -0.4 is 10.6 Å². The van der Waals surface area contributed by atoms with Crippen LogP contribution >= 0.6 is 11.8 Å². The number of hydrogen-bond acceptors (Lipinski definition) is 5. The molecule has 1 saturated carbocycles. The molecule has 1 fully saturated rings. The maximum absolute atomic E-state index is 13.2. The van der Waals surface area contributed by atoms with Crippen molar-refractivity contribution in [2.45, 2.75) is 57.3 Å². The summed E-state index contributed by atoms with van der Waals surface area (Å²) < 4.78 is 15.2. The molecule has 0 saturated heterocycles. The van der Waals surface area contributed by atoms with Crippen molar-refractivity contribution in [3.8, 4) is 5.69 Å². The maximum Gasteiger partial charge on any atom is 0.230 e. The molecule has 6 nitrogen and oxygen atoms in total. The monoisotopic (exact) mass is 467 g/mol. The number of nitrogens with zero attached hydrogens (tertiary/aromatic N) is 3. The minimum absolute atomic E-state index is 0.0307. The Hall–Kier alpha value is -2.87. The topological polar surface area (TPSA) is 71.8 Å². The zero-order valence-corrected chi connectivity index (χ0v) is 19.9. The van der Waals surface area contributed by atoms with Gasteiger partial charge in [0.25, 0.3) is 0 Å². The van der Waals surface area contributed by atoms with Gasteiger partial charge in [-0.3, -0.25) is 9.36 Å². The average Bonchev–Trinajstić information content (AvgIpc) is 3.22. The van der Waals surface area contributed by atoms with Crippen LogP contribution in [0.3, 0.4) is 0 Å². The minimum atomic E-state index is -0.275. The fraction of sp³-hybridized carbons (Fsp3) is 0.400. The number of carbonyl (C=O) groups is 1. The zero-order chi connectivity index (χ0) is 23.2. The molecule has 0 radical (unpaired) electrons. The first kappa shape index (κ1) is 23.3. The molecular formula is C25H30FN5OS. The highest BCUT2D eigenvalue weighted by atomic mass is 32.2. The minimum Gasteiger partial charge on any atom is -0.378 e. The Kier molecular flexibility index (Phi) is 7.65. The molecule has 1 aliphatic carbocycles. The molecule has 0 unspecified atom stereocenters. The van der Waals surface area contributed by atoms with E-state index in [0.717, 1.165) is 23.4 Å². The van der Waals surface area contributed by atoms with Crippen molar-refractivity contribution >= 4 is 23.4 Å². The molecule has 2 atom stereocenters. The van der Waals surface area contributed by atoms with Crippen molar-refractivity contribution in [3.05, 3.63) is 65.7 Å². The third kappa shape index (κ3) is 6.13. The Morgan fingerprint density at radius 2 is 1.82 bits per heavy atom. The summed E-state index contributed by atoms with van der Waals surface area (Å²) in [6.07, 6.45) is 4.64. The molecule has 174 valence electrons. The average molecular weight is 468 g/mol. The number of carbonyl (C=O) groups excluding carboxylic acids is 1. The quantitative estimate of drug-likeness (QED) is 0.450. The van der Waals surface area contributed by atoms with Crippen LogP contribution in [0.1, 0.15) is 44.0 Å². The first-order valence-electron chi connectivity index (χ1n) is 11.4. The molecule has 0 bridgehead atoms. The lowest BCUT2D eigenvalue weighted by atomic mass is 9.86. The molecule has 1 aliphatic rings. The van der Waals surface area contributed by atoms with Gasteiger partial charge in [0.05, 0.1) is 12.3 Å². The Morgan fingerprint density at radius 1 is 1.09 bits per heavy atom. The molecule has 33 heavy (non-hydrogen) atoms. The summed E-state index contributed by atoms with van der Waals surface area (Å²) in [5.41, 5.74) is 2.89. The zero-order valence-electron chi connectivity index (χ0n) is 19.1. The van der Waals surface area contributed by atoms with E-state index in [1.165, 1.54) is 43.2 Å². The predicted molar refractivity (Wildman–Crippen MR) is 130 cm³/mol. The van der Waals surface area contributed by atoms with Crippen molar-refractivity contribution in [2.24, 2.45) is 5.92 Å². The van der Waals surface area contributed by atoms with Crippen molar-refractivity contribution in [1.82, 2.24) is 20.1 Å². The van der Waals surface area contributed by atoms with Gasteiger partial charge in [0.1, 0.15) is 5.82 Å². The molecule has 4 rings (SSSR count). The van der Waals surface area contributed by atoms with Gasteiger partial charge in [-0.1, -0.05) is 49.2 Å². The molecule has 8 heteroatoms. The van der Waals surface area contributed by atoms with Gasteiger partial charge in [0.15, 0.2) is 11.0 Å². The number of aromatic nitrogens is 3. The summed E-state index contributed by atoms with van der Waals surface area (Å²) in [6.45, 7) is 4.67. The molecule has 0 spiro atoms. The number of thioether (sulfide) groups is 1. The predicted octanol–water partition coefficient (Wildman–Crippen LogP) is 5.11. The number of aryl methyl sites for hydroxylation is 1. The number of benzene rings is 2. The van der Waals surface area contributed by atoms with Crippen molar-refractivity contribution in [1.29, 1.82) is 0 Å². The van der Waals surface area contributed by atoms with Crippen LogP contribution in [0.2, 0.25) is 0 Å². The Morgan fingerprint density at radius 3 is 2.55 bits per heavy atom. The van der Waals surface area contributed by atoms with Crippen LogP contribution in [-0.2, 0) is 11.3 Å².